The first kappa shape index (κ1) is 15.0. The predicted octanol–water partition coefficient (Wildman–Crippen LogP) is 3.28. The van der Waals surface area contributed by atoms with Crippen molar-refractivity contribution in [1.29, 1.82) is 0 Å². The average Bonchev–Trinajstić information content (AvgIpc) is 2.84. The maximum Gasteiger partial charge on any atom is 0.302 e. The first-order valence-electron chi connectivity index (χ1n) is 6.94. The smallest absolute Gasteiger partial charge is 0.302 e. The topological polar surface area (TPSA) is 74.4 Å². The molecule has 0 spiro atoms. The van der Waals surface area contributed by atoms with Crippen molar-refractivity contribution in [3.63, 3.8) is 0 Å². The summed E-state index contributed by atoms with van der Waals surface area (Å²) in [5.41, 5.74) is 1.11. The standard InChI is InChI=1S/C15H18N2O4/c1-12(18)21-10-4-2-3-8-16-9-7-13-11-14(17(19)20)5-6-15(13)16/h5-7,9,11H,2-4,8,10H2,1H3. The quantitative estimate of drug-likeness (QED) is 0.339. The minimum Gasteiger partial charge on any atom is -0.466 e. The molecule has 0 atom stereocenters. The second-order valence-electron chi connectivity index (χ2n) is 4.91. The minimum atomic E-state index is -0.383. The molecule has 0 radical (unpaired) electrons. The molecule has 1 heterocycles. The molecule has 2 aromatic rings. The molecule has 0 aliphatic rings. The van der Waals surface area contributed by atoms with Crippen LogP contribution in [0.2, 0.25) is 0 Å². The van der Waals surface area contributed by atoms with E-state index in [-0.39, 0.29) is 16.6 Å². The number of aromatic nitrogens is 1. The van der Waals surface area contributed by atoms with Gasteiger partial charge in [-0.05, 0) is 31.4 Å². The number of rotatable bonds is 7. The third kappa shape index (κ3) is 4.05. The second-order valence-corrected chi connectivity index (χ2v) is 4.91. The average molecular weight is 290 g/mol. The van der Waals surface area contributed by atoms with Gasteiger partial charge < -0.3 is 9.30 Å². The molecule has 0 saturated carbocycles. The lowest BCUT2D eigenvalue weighted by Crippen LogP contribution is -2.01. The summed E-state index contributed by atoms with van der Waals surface area (Å²) in [5, 5.41) is 11.6. The molecule has 1 aromatic heterocycles. The molecular formula is C15H18N2O4. The molecule has 0 amide bonds. The number of hydrogen-bond donors (Lipinski definition) is 0. The van der Waals surface area contributed by atoms with Gasteiger partial charge >= 0.3 is 5.97 Å². The molecule has 1 aromatic carbocycles. The van der Waals surface area contributed by atoms with Crippen LogP contribution in [0.25, 0.3) is 10.9 Å². The number of carbonyl (C=O) groups excluding carboxylic acids is 1. The third-order valence-electron chi connectivity index (χ3n) is 3.31. The van der Waals surface area contributed by atoms with E-state index in [1.165, 1.54) is 13.0 Å². The van der Waals surface area contributed by atoms with Gasteiger partial charge in [0.15, 0.2) is 0 Å². The number of aryl methyl sites for hydroxylation is 1. The second kappa shape index (κ2) is 6.88. The van der Waals surface area contributed by atoms with Crippen molar-refractivity contribution in [3.8, 4) is 0 Å². The van der Waals surface area contributed by atoms with Crippen LogP contribution in [0, 0.1) is 10.1 Å². The van der Waals surface area contributed by atoms with Crippen LogP contribution in [0.15, 0.2) is 30.5 Å². The van der Waals surface area contributed by atoms with Gasteiger partial charge in [-0.2, -0.15) is 0 Å². The Balaban J connectivity index is 1.88. The Morgan fingerprint density at radius 2 is 2.10 bits per heavy atom. The van der Waals surface area contributed by atoms with E-state index in [2.05, 4.69) is 4.57 Å². The highest BCUT2D eigenvalue weighted by atomic mass is 16.6. The Morgan fingerprint density at radius 3 is 2.81 bits per heavy atom. The first-order chi connectivity index (χ1) is 10.1. The number of carbonyl (C=O) groups is 1. The zero-order valence-corrected chi connectivity index (χ0v) is 11.9. The highest BCUT2D eigenvalue weighted by Crippen LogP contribution is 2.22. The van der Waals surface area contributed by atoms with Crippen molar-refractivity contribution in [1.82, 2.24) is 4.57 Å². The van der Waals surface area contributed by atoms with Crippen molar-refractivity contribution in [3.05, 3.63) is 40.6 Å². The van der Waals surface area contributed by atoms with E-state index in [0.717, 1.165) is 36.7 Å². The van der Waals surface area contributed by atoms with E-state index >= 15 is 0 Å². The molecule has 0 N–H and O–H groups in total. The molecule has 0 unspecified atom stereocenters. The van der Waals surface area contributed by atoms with Gasteiger partial charge in [-0.1, -0.05) is 0 Å². The fourth-order valence-electron chi connectivity index (χ4n) is 2.27. The Bertz CT molecular complexity index is 648. The van der Waals surface area contributed by atoms with Gasteiger partial charge in [-0.3, -0.25) is 14.9 Å². The molecule has 0 saturated heterocycles. The van der Waals surface area contributed by atoms with Gasteiger partial charge in [0.2, 0.25) is 0 Å². The first-order valence-corrected chi connectivity index (χ1v) is 6.94. The largest absolute Gasteiger partial charge is 0.466 e. The fourth-order valence-corrected chi connectivity index (χ4v) is 2.27. The van der Waals surface area contributed by atoms with Crippen LogP contribution in [-0.4, -0.2) is 22.1 Å². The van der Waals surface area contributed by atoms with Crippen LogP contribution in [0.3, 0.4) is 0 Å². The molecule has 0 aliphatic heterocycles. The predicted molar refractivity (Wildman–Crippen MR) is 79.1 cm³/mol. The number of ether oxygens (including phenoxy) is 1. The van der Waals surface area contributed by atoms with Gasteiger partial charge in [0.25, 0.3) is 5.69 Å². The molecule has 112 valence electrons. The number of fused-ring (bicyclic) bond motifs is 1. The number of benzene rings is 1. The SMILES string of the molecule is CC(=O)OCCCCCn1ccc2cc([N+](=O)[O-])ccc21. The normalized spacial score (nSPS) is 10.7. The zero-order chi connectivity index (χ0) is 15.2. The summed E-state index contributed by atoms with van der Waals surface area (Å²) in [6.45, 7) is 2.72. The number of nitro groups is 1. The van der Waals surface area contributed by atoms with E-state index in [9.17, 15) is 14.9 Å². The lowest BCUT2D eigenvalue weighted by atomic mass is 10.2. The van der Waals surface area contributed by atoms with Crippen molar-refractivity contribution in [2.45, 2.75) is 32.7 Å². The van der Waals surface area contributed by atoms with Crippen molar-refractivity contribution in [2.75, 3.05) is 6.61 Å². The van der Waals surface area contributed by atoms with Gasteiger partial charge in [0.05, 0.1) is 11.5 Å². The summed E-state index contributed by atoms with van der Waals surface area (Å²) >= 11 is 0. The number of hydrogen-bond acceptors (Lipinski definition) is 4. The summed E-state index contributed by atoms with van der Waals surface area (Å²) in [4.78, 5) is 21.0. The molecular weight excluding hydrogens is 272 g/mol. The Labute approximate surface area is 122 Å². The van der Waals surface area contributed by atoms with E-state index < -0.39 is 0 Å². The van der Waals surface area contributed by atoms with E-state index in [1.54, 1.807) is 12.1 Å². The van der Waals surface area contributed by atoms with Gasteiger partial charge in [0.1, 0.15) is 0 Å². The minimum absolute atomic E-state index is 0.113. The lowest BCUT2D eigenvalue weighted by molar-refractivity contribution is -0.384. The van der Waals surface area contributed by atoms with Crippen LogP contribution < -0.4 is 0 Å². The molecule has 0 bridgehead atoms. The maximum absolute atomic E-state index is 10.7. The molecule has 2 rings (SSSR count). The number of nitrogens with zero attached hydrogens (tertiary/aromatic N) is 2. The number of esters is 1. The number of nitro benzene ring substituents is 1. The van der Waals surface area contributed by atoms with Gasteiger partial charge in [-0.25, -0.2) is 0 Å². The van der Waals surface area contributed by atoms with Crippen molar-refractivity contribution >= 4 is 22.6 Å². The van der Waals surface area contributed by atoms with E-state index in [4.69, 9.17) is 4.74 Å². The summed E-state index contributed by atoms with van der Waals surface area (Å²) in [6, 6.07) is 6.79. The Hall–Kier alpha value is -2.37. The van der Waals surface area contributed by atoms with Gasteiger partial charge in [-0.15, -0.1) is 0 Å². The number of non-ortho nitro benzene ring substituents is 1. The lowest BCUT2D eigenvalue weighted by Gasteiger charge is -2.05. The van der Waals surface area contributed by atoms with Crippen LogP contribution in [0.5, 0.6) is 0 Å². The molecule has 6 heteroatoms. The summed E-state index contributed by atoms with van der Waals surface area (Å²) in [6.07, 6.45) is 4.74. The van der Waals surface area contributed by atoms with Crippen LogP contribution in [-0.2, 0) is 16.1 Å². The van der Waals surface area contributed by atoms with Crippen LogP contribution >= 0.6 is 0 Å². The molecule has 21 heavy (non-hydrogen) atoms. The highest BCUT2D eigenvalue weighted by Gasteiger charge is 2.08. The van der Waals surface area contributed by atoms with E-state index in [0.29, 0.717) is 6.61 Å². The highest BCUT2D eigenvalue weighted by molar-refractivity contribution is 5.82. The molecule has 0 fully saturated rings. The fraction of sp³-hybridized carbons (Fsp3) is 0.400. The van der Waals surface area contributed by atoms with Crippen molar-refractivity contribution in [2.24, 2.45) is 0 Å². The summed E-state index contributed by atoms with van der Waals surface area (Å²) < 4.78 is 6.96. The summed E-state index contributed by atoms with van der Waals surface area (Å²) in [5.74, 6) is -0.243. The maximum atomic E-state index is 10.7. The third-order valence-corrected chi connectivity index (χ3v) is 3.31. The number of unbranched alkanes of at least 4 members (excludes halogenated alkanes) is 2. The zero-order valence-electron chi connectivity index (χ0n) is 11.9. The van der Waals surface area contributed by atoms with Crippen LogP contribution in [0.4, 0.5) is 5.69 Å². The molecule has 6 nitrogen and oxygen atoms in total. The van der Waals surface area contributed by atoms with Gasteiger partial charge in [0, 0.05) is 42.7 Å². The Kier molecular flexibility index (Phi) is 4.92. The monoisotopic (exact) mass is 290 g/mol. The Morgan fingerprint density at radius 1 is 1.29 bits per heavy atom. The van der Waals surface area contributed by atoms with Crippen molar-refractivity contribution < 1.29 is 14.5 Å². The van der Waals surface area contributed by atoms with E-state index in [1.807, 2.05) is 12.3 Å². The van der Waals surface area contributed by atoms with Crippen LogP contribution in [0.1, 0.15) is 26.2 Å². The summed E-state index contributed by atoms with van der Waals surface area (Å²) in [7, 11) is 0. The molecule has 0 aliphatic carbocycles.